The minimum Gasteiger partial charge on any atom is -0.494 e. The van der Waals surface area contributed by atoms with Crippen LogP contribution < -0.4 is 4.74 Å². The normalized spacial score (nSPS) is 11.6. The zero-order chi connectivity index (χ0) is 22.0. The topological polar surface area (TPSA) is 114 Å². The SMILES string of the molecule is CCCCCCCCOc1ccc(S(=O)(=O)C(=[N+]=[N-])S(=O)(=O)c2ccccc2)cc1. The molecule has 2 aromatic carbocycles. The summed E-state index contributed by atoms with van der Waals surface area (Å²) in [6, 6.07) is 12.3. The van der Waals surface area contributed by atoms with Crippen LogP contribution in [0.5, 0.6) is 5.75 Å². The Morgan fingerprint density at radius 3 is 1.90 bits per heavy atom. The lowest BCUT2D eigenvalue weighted by molar-refractivity contribution is 0.00380. The first-order valence-corrected chi connectivity index (χ1v) is 12.8. The maximum Gasteiger partial charge on any atom is 0.504 e. The van der Waals surface area contributed by atoms with Crippen molar-refractivity contribution in [2.24, 2.45) is 0 Å². The largest absolute Gasteiger partial charge is 0.504 e. The number of unbranched alkanes of at least 4 members (excludes halogenated alkanes) is 5. The van der Waals surface area contributed by atoms with Crippen LogP contribution in [0.25, 0.3) is 5.53 Å². The van der Waals surface area contributed by atoms with Crippen LogP contribution in [0.4, 0.5) is 0 Å². The molecular formula is C21H26N2O5S2. The summed E-state index contributed by atoms with van der Waals surface area (Å²) in [6.45, 7) is 2.68. The van der Waals surface area contributed by atoms with Crippen molar-refractivity contribution in [3.05, 3.63) is 60.1 Å². The van der Waals surface area contributed by atoms with Crippen LogP contribution in [0.2, 0.25) is 0 Å². The second kappa shape index (κ2) is 11.1. The van der Waals surface area contributed by atoms with Gasteiger partial charge in [0.1, 0.15) is 5.75 Å². The zero-order valence-corrected chi connectivity index (χ0v) is 18.5. The van der Waals surface area contributed by atoms with Crippen molar-refractivity contribution in [2.45, 2.75) is 55.2 Å². The van der Waals surface area contributed by atoms with Crippen molar-refractivity contribution in [3.63, 3.8) is 0 Å². The third-order valence-corrected chi connectivity index (χ3v) is 8.68. The maximum atomic E-state index is 12.8. The molecule has 2 aromatic rings. The number of nitrogens with zero attached hydrogens (tertiary/aromatic N) is 2. The van der Waals surface area contributed by atoms with Crippen molar-refractivity contribution in [1.29, 1.82) is 0 Å². The molecule has 0 aliphatic rings. The molecule has 0 atom stereocenters. The molecule has 0 saturated heterocycles. The van der Waals surface area contributed by atoms with Crippen LogP contribution in [0, 0.1) is 0 Å². The molecule has 0 heterocycles. The summed E-state index contributed by atoms with van der Waals surface area (Å²) in [5.41, 5.74) is 9.20. The van der Waals surface area contributed by atoms with E-state index in [-0.39, 0.29) is 9.79 Å². The predicted octanol–water partition coefficient (Wildman–Crippen LogP) is 4.26. The highest BCUT2D eigenvalue weighted by Crippen LogP contribution is 2.22. The fraction of sp³-hybridized carbons (Fsp3) is 0.381. The monoisotopic (exact) mass is 450 g/mol. The van der Waals surface area contributed by atoms with Gasteiger partial charge in [-0.1, -0.05) is 57.2 Å². The molecule has 0 spiro atoms. The lowest BCUT2D eigenvalue weighted by Gasteiger charge is -2.07. The van der Waals surface area contributed by atoms with Gasteiger partial charge in [0.2, 0.25) is 0 Å². The molecule has 0 radical (unpaired) electrons. The highest BCUT2D eigenvalue weighted by Gasteiger charge is 2.43. The molecule has 9 heteroatoms. The van der Waals surface area contributed by atoms with E-state index in [0.717, 1.165) is 19.3 Å². The van der Waals surface area contributed by atoms with Gasteiger partial charge in [-0.25, -0.2) is 16.8 Å². The molecule has 2 rings (SSSR count). The van der Waals surface area contributed by atoms with Crippen molar-refractivity contribution >= 4 is 24.1 Å². The van der Waals surface area contributed by atoms with Gasteiger partial charge >= 0.3 is 4.38 Å². The summed E-state index contributed by atoms with van der Waals surface area (Å²) in [6.07, 6.45) is 6.77. The Morgan fingerprint density at radius 1 is 0.800 bits per heavy atom. The van der Waals surface area contributed by atoms with Crippen LogP contribution in [0.3, 0.4) is 0 Å². The predicted molar refractivity (Wildman–Crippen MR) is 115 cm³/mol. The molecule has 0 N–H and O–H groups in total. The Hall–Kier alpha value is -2.48. The Labute approximate surface area is 178 Å². The highest BCUT2D eigenvalue weighted by atomic mass is 32.3. The average molecular weight is 451 g/mol. The van der Waals surface area contributed by atoms with E-state index in [0.29, 0.717) is 12.4 Å². The standard InChI is InChI=1S/C21H26N2O5S2/c1-2-3-4-5-6-10-17-28-18-13-15-20(16-14-18)30(26,27)21(23-22)29(24,25)19-11-8-7-9-12-19/h7-9,11-16H,2-6,10,17H2,1H3. The van der Waals surface area contributed by atoms with E-state index in [1.165, 1.54) is 67.8 Å². The van der Waals surface area contributed by atoms with Crippen LogP contribution >= 0.6 is 0 Å². The Kier molecular flexibility index (Phi) is 8.77. The van der Waals surface area contributed by atoms with Gasteiger partial charge in [-0.2, -0.15) is 0 Å². The number of rotatable bonds is 10. The third kappa shape index (κ3) is 6.01. The van der Waals surface area contributed by atoms with Gasteiger partial charge in [-0.15, -0.1) is 4.79 Å². The first-order chi connectivity index (χ1) is 14.3. The summed E-state index contributed by atoms with van der Waals surface area (Å²) in [4.78, 5) is 2.03. The lowest BCUT2D eigenvalue weighted by atomic mass is 10.1. The van der Waals surface area contributed by atoms with Gasteiger partial charge in [0.25, 0.3) is 19.7 Å². The molecule has 0 aromatic heterocycles. The van der Waals surface area contributed by atoms with Crippen molar-refractivity contribution in [1.82, 2.24) is 0 Å². The summed E-state index contributed by atoms with van der Waals surface area (Å²) >= 11 is 0. The molecular weight excluding hydrogens is 424 g/mol. The molecule has 30 heavy (non-hydrogen) atoms. The van der Waals surface area contributed by atoms with Gasteiger partial charge in [0, 0.05) is 0 Å². The van der Waals surface area contributed by atoms with Crippen LogP contribution in [-0.4, -0.2) is 32.6 Å². The van der Waals surface area contributed by atoms with Crippen LogP contribution in [-0.2, 0) is 19.7 Å². The fourth-order valence-electron chi connectivity index (χ4n) is 2.84. The summed E-state index contributed by atoms with van der Waals surface area (Å²) in [7, 11) is -9.07. The molecule has 0 unspecified atom stereocenters. The highest BCUT2D eigenvalue weighted by molar-refractivity contribution is 8.31. The Morgan fingerprint density at radius 2 is 1.33 bits per heavy atom. The molecule has 0 aliphatic carbocycles. The van der Waals surface area contributed by atoms with E-state index >= 15 is 0 Å². The lowest BCUT2D eigenvalue weighted by Crippen LogP contribution is -2.26. The number of ether oxygens (including phenoxy) is 1. The molecule has 162 valence electrons. The number of hydrogen-bond donors (Lipinski definition) is 0. The smallest absolute Gasteiger partial charge is 0.494 e. The Bertz CT molecular complexity index is 1070. The molecule has 0 amide bonds. The zero-order valence-electron chi connectivity index (χ0n) is 16.9. The number of sulfone groups is 2. The van der Waals surface area contributed by atoms with Gasteiger partial charge in [-0.05, 0) is 42.8 Å². The van der Waals surface area contributed by atoms with E-state index in [4.69, 9.17) is 4.74 Å². The van der Waals surface area contributed by atoms with E-state index in [1.54, 1.807) is 6.07 Å². The number of hydrogen-bond acceptors (Lipinski definition) is 5. The average Bonchev–Trinajstić information content (AvgIpc) is 2.74. The van der Waals surface area contributed by atoms with Crippen LogP contribution in [0.1, 0.15) is 45.4 Å². The summed E-state index contributed by atoms with van der Waals surface area (Å²) < 4.78 is 55.1. The molecule has 7 nitrogen and oxygen atoms in total. The van der Waals surface area contributed by atoms with Gasteiger partial charge in [0.15, 0.2) is 0 Å². The maximum absolute atomic E-state index is 12.8. The second-order valence-electron chi connectivity index (χ2n) is 6.77. The van der Waals surface area contributed by atoms with Crippen molar-refractivity contribution < 1.29 is 26.4 Å². The quantitative estimate of drug-likeness (QED) is 0.176. The van der Waals surface area contributed by atoms with E-state index in [1.807, 2.05) is 0 Å². The van der Waals surface area contributed by atoms with Gasteiger partial charge in [-0.3, -0.25) is 0 Å². The molecule has 0 saturated carbocycles. The first-order valence-electron chi connectivity index (χ1n) is 9.84. The van der Waals surface area contributed by atoms with Gasteiger partial charge < -0.3 is 10.3 Å². The Balaban J connectivity index is 2.08. The van der Waals surface area contributed by atoms with Crippen molar-refractivity contribution in [2.75, 3.05) is 6.61 Å². The first kappa shape index (κ1) is 23.8. The number of benzene rings is 2. The third-order valence-electron chi connectivity index (χ3n) is 4.50. The second-order valence-corrected chi connectivity index (χ2v) is 10.8. The van der Waals surface area contributed by atoms with Gasteiger partial charge in [0.05, 0.1) is 16.4 Å². The van der Waals surface area contributed by atoms with E-state index in [9.17, 15) is 22.4 Å². The summed E-state index contributed by atoms with van der Waals surface area (Å²) in [5, 5.41) is 0. The van der Waals surface area contributed by atoms with Crippen LogP contribution in [0.15, 0.2) is 64.4 Å². The van der Waals surface area contributed by atoms with Crippen molar-refractivity contribution in [3.8, 4) is 5.75 Å². The molecule has 0 fully saturated rings. The fourth-order valence-corrected chi connectivity index (χ4v) is 6.20. The minimum atomic E-state index is -4.56. The minimum absolute atomic E-state index is 0.278. The molecule has 0 aliphatic heterocycles. The molecule has 0 bridgehead atoms. The van der Waals surface area contributed by atoms with E-state index in [2.05, 4.69) is 11.7 Å². The van der Waals surface area contributed by atoms with E-state index < -0.39 is 24.1 Å². The summed E-state index contributed by atoms with van der Waals surface area (Å²) in [5.74, 6) is 0.482.